The maximum Gasteiger partial charge on any atom is 0.131 e. The molecule has 3 aromatic rings. The Kier molecular flexibility index (Phi) is 7.42. The lowest BCUT2D eigenvalue weighted by molar-refractivity contribution is 0.325. The molecule has 0 amide bonds. The van der Waals surface area contributed by atoms with Crippen LogP contribution in [0.5, 0.6) is 23.0 Å². The summed E-state index contributed by atoms with van der Waals surface area (Å²) in [5.74, 6) is 3.31. The number of ether oxygens (including phenoxy) is 4. The van der Waals surface area contributed by atoms with Crippen LogP contribution in [0.4, 0.5) is 0 Å². The van der Waals surface area contributed by atoms with Crippen LogP contribution in [-0.2, 0) is 0 Å². The van der Waals surface area contributed by atoms with Gasteiger partial charge in [-0.2, -0.15) is 0 Å². The van der Waals surface area contributed by atoms with Gasteiger partial charge in [-0.3, -0.25) is 0 Å². The third-order valence-corrected chi connectivity index (χ3v) is 5.39. The second kappa shape index (κ2) is 10.2. The van der Waals surface area contributed by atoms with Gasteiger partial charge >= 0.3 is 0 Å². The Morgan fingerprint density at radius 1 is 0.517 bits per heavy atom. The predicted molar refractivity (Wildman–Crippen MR) is 120 cm³/mol. The van der Waals surface area contributed by atoms with Crippen molar-refractivity contribution in [2.24, 2.45) is 0 Å². The molecule has 0 unspecified atom stereocenters. The van der Waals surface area contributed by atoms with Crippen molar-refractivity contribution in [1.29, 1.82) is 0 Å². The van der Waals surface area contributed by atoms with Crippen molar-refractivity contribution in [1.82, 2.24) is 0 Å². The van der Waals surface area contributed by atoms with Crippen molar-refractivity contribution >= 4 is 11.3 Å². The highest BCUT2D eigenvalue weighted by molar-refractivity contribution is 7.19. The number of benzene rings is 2. The van der Waals surface area contributed by atoms with Crippen LogP contribution in [0, 0.1) is 0 Å². The average molecular weight is 413 g/mol. The smallest absolute Gasteiger partial charge is 0.131 e. The van der Waals surface area contributed by atoms with Gasteiger partial charge in [0.25, 0.3) is 0 Å². The molecule has 0 aliphatic rings. The highest BCUT2D eigenvalue weighted by Gasteiger charge is 2.19. The molecule has 0 atom stereocenters. The molecular formula is C24H28O4S. The summed E-state index contributed by atoms with van der Waals surface area (Å²) < 4.78 is 23.6. The standard InChI is InChI=1S/C24H28O4S/c1-5-25-17-11-9-12-18(26-6-2)23(17)21-15-16-22(29-21)24-19(27-7-3)13-10-14-20(24)28-8-4/h9-16H,5-8H2,1-4H3. The molecule has 0 saturated heterocycles. The van der Waals surface area contributed by atoms with E-state index in [4.69, 9.17) is 18.9 Å². The minimum absolute atomic E-state index is 0.600. The summed E-state index contributed by atoms with van der Waals surface area (Å²) in [4.78, 5) is 2.17. The Balaban J connectivity index is 2.12. The average Bonchev–Trinajstić information content (AvgIpc) is 3.19. The number of thiophene rings is 1. The number of hydrogen-bond acceptors (Lipinski definition) is 5. The van der Waals surface area contributed by atoms with E-state index in [9.17, 15) is 0 Å². The minimum Gasteiger partial charge on any atom is -0.493 e. The fourth-order valence-electron chi connectivity index (χ4n) is 3.22. The predicted octanol–water partition coefficient (Wildman–Crippen LogP) is 6.68. The first-order valence-electron chi connectivity index (χ1n) is 10.1. The molecule has 2 aromatic carbocycles. The summed E-state index contributed by atoms with van der Waals surface area (Å²) in [6.45, 7) is 10.4. The van der Waals surface area contributed by atoms with Crippen LogP contribution < -0.4 is 18.9 Å². The first kappa shape index (κ1) is 21.1. The topological polar surface area (TPSA) is 36.9 Å². The fraction of sp³-hybridized carbons (Fsp3) is 0.333. The third kappa shape index (κ3) is 4.67. The van der Waals surface area contributed by atoms with Crippen molar-refractivity contribution in [3.05, 3.63) is 48.5 Å². The molecule has 3 rings (SSSR count). The molecule has 5 heteroatoms. The van der Waals surface area contributed by atoms with Crippen LogP contribution in [0.15, 0.2) is 48.5 Å². The first-order chi connectivity index (χ1) is 14.2. The van der Waals surface area contributed by atoms with Crippen molar-refractivity contribution in [3.63, 3.8) is 0 Å². The fourth-order valence-corrected chi connectivity index (χ4v) is 4.33. The van der Waals surface area contributed by atoms with Crippen LogP contribution in [0.2, 0.25) is 0 Å². The van der Waals surface area contributed by atoms with E-state index < -0.39 is 0 Å². The summed E-state index contributed by atoms with van der Waals surface area (Å²) in [5.41, 5.74) is 1.97. The summed E-state index contributed by atoms with van der Waals surface area (Å²) in [5, 5.41) is 0. The van der Waals surface area contributed by atoms with Gasteiger partial charge < -0.3 is 18.9 Å². The molecule has 1 aromatic heterocycles. The van der Waals surface area contributed by atoms with Crippen LogP contribution in [0.25, 0.3) is 20.9 Å². The van der Waals surface area contributed by atoms with E-state index in [0.29, 0.717) is 26.4 Å². The summed E-state index contributed by atoms with van der Waals surface area (Å²) >= 11 is 1.68. The van der Waals surface area contributed by atoms with E-state index >= 15 is 0 Å². The van der Waals surface area contributed by atoms with E-state index in [2.05, 4.69) is 12.1 Å². The molecule has 0 bridgehead atoms. The maximum atomic E-state index is 5.90. The van der Waals surface area contributed by atoms with Gasteiger partial charge in [0.2, 0.25) is 0 Å². The second-order valence-electron chi connectivity index (χ2n) is 6.15. The second-order valence-corrected chi connectivity index (χ2v) is 7.24. The molecule has 0 fully saturated rings. The molecule has 1 heterocycles. The Morgan fingerprint density at radius 2 is 0.828 bits per heavy atom. The van der Waals surface area contributed by atoms with Crippen LogP contribution in [-0.4, -0.2) is 26.4 Å². The van der Waals surface area contributed by atoms with Gasteiger partial charge in [0.15, 0.2) is 0 Å². The van der Waals surface area contributed by atoms with E-state index in [1.807, 2.05) is 64.1 Å². The molecule has 0 saturated carbocycles. The highest BCUT2D eigenvalue weighted by Crippen LogP contribution is 2.47. The molecule has 0 radical (unpaired) electrons. The Labute approximate surface area is 177 Å². The lowest BCUT2D eigenvalue weighted by atomic mass is 10.1. The van der Waals surface area contributed by atoms with Crippen molar-refractivity contribution in [2.75, 3.05) is 26.4 Å². The first-order valence-corrected chi connectivity index (χ1v) is 10.9. The molecular weight excluding hydrogens is 384 g/mol. The van der Waals surface area contributed by atoms with Crippen molar-refractivity contribution in [2.45, 2.75) is 27.7 Å². The van der Waals surface area contributed by atoms with Gasteiger partial charge in [0.1, 0.15) is 23.0 Å². The van der Waals surface area contributed by atoms with E-state index in [1.165, 1.54) is 0 Å². The maximum absolute atomic E-state index is 5.90. The molecule has 0 aliphatic carbocycles. The van der Waals surface area contributed by atoms with Gasteiger partial charge in [-0.05, 0) is 64.1 Å². The van der Waals surface area contributed by atoms with Crippen LogP contribution in [0.3, 0.4) is 0 Å². The summed E-state index contributed by atoms with van der Waals surface area (Å²) in [6, 6.07) is 16.1. The van der Waals surface area contributed by atoms with Gasteiger partial charge in [0.05, 0.1) is 37.6 Å². The van der Waals surface area contributed by atoms with Crippen LogP contribution in [0.1, 0.15) is 27.7 Å². The SMILES string of the molecule is CCOc1cccc(OCC)c1-c1ccc(-c2c(OCC)cccc2OCC)s1. The van der Waals surface area contributed by atoms with Crippen molar-refractivity contribution < 1.29 is 18.9 Å². The molecule has 0 N–H and O–H groups in total. The monoisotopic (exact) mass is 412 g/mol. The Hall–Kier alpha value is -2.66. The zero-order chi connectivity index (χ0) is 20.6. The molecule has 29 heavy (non-hydrogen) atoms. The van der Waals surface area contributed by atoms with E-state index in [0.717, 1.165) is 43.9 Å². The third-order valence-electron chi connectivity index (χ3n) is 4.27. The van der Waals surface area contributed by atoms with Gasteiger partial charge in [0, 0.05) is 9.75 Å². The number of rotatable bonds is 10. The number of hydrogen-bond donors (Lipinski definition) is 0. The quantitative estimate of drug-likeness (QED) is 0.372. The van der Waals surface area contributed by atoms with Gasteiger partial charge in [-0.25, -0.2) is 0 Å². The van der Waals surface area contributed by atoms with Gasteiger partial charge in [-0.15, -0.1) is 11.3 Å². The van der Waals surface area contributed by atoms with Crippen LogP contribution >= 0.6 is 11.3 Å². The normalized spacial score (nSPS) is 10.6. The Morgan fingerprint density at radius 3 is 1.10 bits per heavy atom. The van der Waals surface area contributed by atoms with E-state index in [1.54, 1.807) is 11.3 Å². The zero-order valence-electron chi connectivity index (χ0n) is 17.5. The molecule has 154 valence electrons. The van der Waals surface area contributed by atoms with E-state index in [-0.39, 0.29) is 0 Å². The zero-order valence-corrected chi connectivity index (χ0v) is 18.3. The lowest BCUT2D eigenvalue weighted by Gasteiger charge is -2.15. The summed E-state index contributed by atoms with van der Waals surface area (Å²) in [6.07, 6.45) is 0. The molecule has 4 nitrogen and oxygen atoms in total. The molecule has 0 aliphatic heterocycles. The van der Waals surface area contributed by atoms with Gasteiger partial charge in [-0.1, -0.05) is 12.1 Å². The van der Waals surface area contributed by atoms with Crippen molar-refractivity contribution in [3.8, 4) is 43.9 Å². The highest BCUT2D eigenvalue weighted by atomic mass is 32.1. The minimum atomic E-state index is 0.600. The lowest BCUT2D eigenvalue weighted by Crippen LogP contribution is -1.98. The summed E-state index contributed by atoms with van der Waals surface area (Å²) in [7, 11) is 0. The molecule has 0 spiro atoms. The largest absolute Gasteiger partial charge is 0.493 e. The Bertz CT molecular complexity index is 810.